The Kier molecular flexibility index (Phi) is 5.05. The minimum absolute atomic E-state index is 0.0122. The monoisotopic (exact) mass is 441 g/mol. The molecule has 3 aromatic rings. The quantitative estimate of drug-likeness (QED) is 0.625. The molecule has 1 aliphatic heterocycles. The van der Waals surface area contributed by atoms with Gasteiger partial charge in [-0.3, -0.25) is 4.79 Å². The third kappa shape index (κ3) is 3.55. The molecule has 0 bridgehead atoms. The van der Waals surface area contributed by atoms with Gasteiger partial charge in [0.05, 0.1) is 23.5 Å². The summed E-state index contributed by atoms with van der Waals surface area (Å²) < 4.78 is 55.2. The number of imidazole rings is 1. The number of halogens is 5. The minimum atomic E-state index is -4.66. The Balaban J connectivity index is 1.67. The highest BCUT2D eigenvalue weighted by atomic mass is 35.5. The van der Waals surface area contributed by atoms with Gasteiger partial charge in [-0.15, -0.1) is 0 Å². The summed E-state index contributed by atoms with van der Waals surface area (Å²) in [7, 11) is 0. The maximum Gasteiger partial charge on any atom is 0.416 e. The topological polar surface area (TPSA) is 66.8 Å². The van der Waals surface area contributed by atoms with Crippen molar-refractivity contribution in [1.82, 2.24) is 19.7 Å². The molecule has 0 amide bonds. The van der Waals surface area contributed by atoms with Crippen LogP contribution in [0, 0.1) is 5.82 Å². The lowest BCUT2D eigenvalue weighted by Gasteiger charge is -2.36. The van der Waals surface area contributed by atoms with E-state index in [0.717, 1.165) is 12.1 Å². The lowest BCUT2D eigenvalue weighted by Crippen LogP contribution is -2.38. The molecule has 4 rings (SSSR count). The molecule has 11 heteroatoms. The van der Waals surface area contributed by atoms with Crippen molar-refractivity contribution in [2.45, 2.75) is 32.1 Å². The number of aromatic amines is 1. The second kappa shape index (κ2) is 7.42. The van der Waals surface area contributed by atoms with E-state index in [0.29, 0.717) is 36.4 Å². The maximum absolute atomic E-state index is 13.4. The van der Waals surface area contributed by atoms with Gasteiger partial charge in [0.15, 0.2) is 0 Å². The lowest BCUT2D eigenvalue weighted by atomic mass is 10.0. The highest BCUT2D eigenvalue weighted by Crippen LogP contribution is 2.36. The fourth-order valence-corrected chi connectivity index (χ4v) is 3.97. The zero-order valence-electron chi connectivity index (χ0n) is 15.7. The smallest absolute Gasteiger partial charge is 0.357 e. The molecule has 30 heavy (non-hydrogen) atoms. The molecule has 1 aliphatic rings. The van der Waals surface area contributed by atoms with E-state index in [1.54, 1.807) is 0 Å². The van der Waals surface area contributed by atoms with Gasteiger partial charge in [0, 0.05) is 31.4 Å². The number of nitrogens with zero attached hydrogens (tertiary/aromatic N) is 4. The van der Waals surface area contributed by atoms with Gasteiger partial charge >= 0.3 is 6.18 Å². The Bertz CT molecular complexity index is 1160. The van der Waals surface area contributed by atoms with Crippen molar-refractivity contribution in [2.75, 3.05) is 11.4 Å². The van der Waals surface area contributed by atoms with Gasteiger partial charge in [0.1, 0.15) is 16.7 Å². The van der Waals surface area contributed by atoms with Crippen molar-refractivity contribution in [3.63, 3.8) is 0 Å². The Morgan fingerprint density at radius 2 is 2.03 bits per heavy atom. The predicted molar refractivity (Wildman–Crippen MR) is 102 cm³/mol. The van der Waals surface area contributed by atoms with Crippen LogP contribution in [0.3, 0.4) is 0 Å². The molecular weight excluding hydrogens is 426 g/mol. The van der Waals surface area contributed by atoms with Gasteiger partial charge in [-0.1, -0.05) is 17.7 Å². The van der Waals surface area contributed by atoms with Crippen LogP contribution < -0.4 is 10.5 Å². The van der Waals surface area contributed by atoms with E-state index in [1.807, 2.05) is 16.4 Å². The minimum Gasteiger partial charge on any atom is -0.357 e. The van der Waals surface area contributed by atoms with Crippen LogP contribution in [0.2, 0.25) is 5.02 Å². The van der Waals surface area contributed by atoms with Crippen LogP contribution in [0.4, 0.5) is 23.2 Å². The number of aromatic nitrogens is 4. The van der Waals surface area contributed by atoms with Crippen LogP contribution >= 0.6 is 11.6 Å². The van der Waals surface area contributed by atoms with Crippen molar-refractivity contribution in [2.24, 2.45) is 0 Å². The van der Waals surface area contributed by atoms with Crippen molar-refractivity contribution in [1.29, 1.82) is 0 Å². The van der Waals surface area contributed by atoms with Crippen LogP contribution in [0.5, 0.6) is 0 Å². The molecule has 158 valence electrons. The second-order valence-corrected chi connectivity index (χ2v) is 7.38. The Labute approximate surface area is 173 Å². The standard InChI is InChI=1S/C19H16ClF4N5O/c1-10-17-25-8-13(6-11-2-3-12(21)7-14(11)19(22,23)24)29(17)5-4-28(10)15-9-26-27-18(30)16(15)20/h2-3,7-10H,4-6H2,1H3,(H,27,30)/t10-/m0/s1. The number of anilines is 1. The SMILES string of the molecule is C[C@H]1c2ncc(Cc3ccc(F)cc3C(F)(F)F)n2CCN1c1cn[nH]c(=O)c1Cl. The molecule has 6 nitrogen and oxygen atoms in total. The van der Waals surface area contributed by atoms with E-state index in [2.05, 4.69) is 15.2 Å². The first-order chi connectivity index (χ1) is 14.2. The fraction of sp³-hybridized carbons (Fsp3) is 0.316. The van der Waals surface area contributed by atoms with Crippen molar-refractivity contribution < 1.29 is 17.6 Å². The van der Waals surface area contributed by atoms with Crippen molar-refractivity contribution in [3.05, 3.63) is 74.4 Å². The number of hydrogen-bond donors (Lipinski definition) is 1. The predicted octanol–water partition coefficient (Wildman–Crippen LogP) is 3.95. The van der Waals surface area contributed by atoms with Crippen LogP contribution in [-0.4, -0.2) is 26.3 Å². The molecule has 3 heterocycles. The van der Waals surface area contributed by atoms with Crippen LogP contribution in [0.1, 0.15) is 35.6 Å². The van der Waals surface area contributed by atoms with E-state index in [4.69, 9.17) is 11.6 Å². The van der Waals surface area contributed by atoms with E-state index >= 15 is 0 Å². The summed E-state index contributed by atoms with van der Waals surface area (Å²) in [6, 6.07) is 2.39. The van der Waals surface area contributed by atoms with Crippen molar-refractivity contribution >= 4 is 17.3 Å². The number of alkyl halides is 3. The van der Waals surface area contributed by atoms with Crippen molar-refractivity contribution in [3.8, 4) is 0 Å². The van der Waals surface area contributed by atoms with Gasteiger partial charge in [0.2, 0.25) is 0 Å². The number of H-pyrrole nitrogens is 1. The average Bonchev–Trinajstić information content (AvgIpc) is 3.09. The number of rotatable bonds is 3. The van der Waals surface area contributed by atoms with Crippen LogP contribution in [0.25, 0.3) is 0 Å². The summed E-state index contributed by atoms with van der Waals surface area (Å²) in [5.74, 6) is -0.308. The zero-order chi connectivity index (χ0) is 21.6. The van der Waals surface area contributed by atoms with Gasteiger partial charge in [-0.05, 0) is 24.6 Å². The highest BCUT2D eigenvalue weighted by Gasteiger charge is 2.35. The molecule has 0 saturated carbocycles. The summed E-state index contributed by atoms with van der Waals surface area (Å²) in [5, 5.41) is 6.06. The molecule has 1 N–H and O–H groups in total. The number of nitrogens with one attached hydrogen (secondary N) is 1. The zero-order valence-corrected chi connectivity index (χ0v) is 16.4. The second-order valence-electron chi connectivity index (χ2n) is 7.00. The van der Waals surface area contributed by atoms with Crippen LogP contribution in [-0.2, 0) is 19.1 Å². The first kappa shape index (κ1) is 20.4. The van der Waals surface area contributed by atoms with Gasteiger partial charge in [-0.25, -0.2) is 14.5 Å². The molecule has 0 fully saturated rings. The summed E-state index contributed by atoms with van der Waals surface area (Å²) in [5.41, 5.74) is -0.481. The normalized spacial score (nSPS) is 16.6. The molecule has 0 unspecified atom stereocenters. The number of hydrogen-bond acceptors (Lipinski definition) is 4. The van der Waals surface area contributed by atoms with Gasteiger partial charge in [-0.2, -0.15) is 18.3 Å². The first-order valence-corrected chi connectivity index (χ1v) is 9.44. The van der Waals surface area contributed by atoms with E-state index < -0.39 is 23.1 Å². The summed E-state index contributed by atoms with van der Waals surface area (Å²) in [6.07, 6.45) is -1.72. The molecule has 1 atom stereocenters. The molecule has 2 aromatic heterocycles. The fourth-order valence-electron chi connectivity index (χ4n) is 3.77. The molecule has 0 radical (unpaired) electrons. The summed E-state index contributed by atoms with van der Waals surface area (Å²) in [4.78, 5) is 18.0. The molecule has 0 aliphatic carbocycles. The Hall–Kier alpha value is -2.88. The molecule has 0 spiro atoms. The highest BCUT2D eigenvalue weighted by molar-refractivity contribution is 6.33. The first-order valence-electron chi connectivity index (χ1n) is 9.06. The van der Waals surface area contributed by atoms with E-state index in [9.17, 15) is 22.4 Å². The van der Waals surface area contributed by atoms with Crippen LogP contribution in [0.15, 0.2) is 35.4 Å². The summed E-state index contributed by atoms with van der Waals surface area (Å²) in [6.45, 7) is 2.75. The van der Waals surface area contributed by atoms with Gasteiger partial charge in [0.25, 0.3) is 5.56 Å². The largest absolute Gasteiger partial charge is 0.416 e. The molecule has 0 saturated heterocycles. The molecule has 1 aromatic carbocycles. The average molecular weight is 442 g/mol. The molecular formula is C19H16ClF4N5O. The third-order valence-electron chi connectivity index (χ3n) is 5.21. The number of benzene rings is 1. The van der Waals surface area contributed by atoms with E-state index in [1.165, 1.54) is 12.4 Å². The summed E-state index contributed by atoms with van der Waals surface area (Å²) >= 11 is 6.11. The van der Waals surface area contributed by atoms with E-state index in [-0.39, 0.29) is 23.0 Å². The maximum atomic E-state index is 13.4. The third-order valence-corrected chi connectivity index (χ3v) is 5.58. The number of fused-ring (bicyclic) bond motifs is 1. The Morgan fingerprint density at radius 3 is 2.77 bits per heavy atom. The Morgan fingerprint density at radius 1 is 1.27 bits per heavy atom. The van der Waals surface area contributed by atoms with Gasteiger partial charge < -0.3 is 9.47 Å². The lowest BCUT2D eigenvalue weighted by molar-refractivity contribution is -0.138.